The zero-order chi connectivity index (χ0) is 13.5. The van der Waals surface area contributed by atoms with Crippen LogP contribution in [-0.4, -0.2) is 31.3 Å². The van der Waals surface area contributed by atoms with E-state index in [9.17, 15) is 4.39 Å². The first-order valence-electron chi connectivity index (χ1n) is 6.61. The lowest BCUT2D eigenvalue weighted by Gasteiger charge is -2.16. The summed E-state index contributed by atoms with van der Waals surface area (Å²) in [6.45, 7) is -6.01. The van der Waals surface area contributed by atoms with Crippen LogP contribution in [0.25, 0.3) is 0 Å². The summed E-state index contributed by atoms with van der Waals surface area (Å²) in [5.74, 6) is 0. The van der Waals surface area contributed by atoms with Gasteiger partial charge >= 0.3 is 0 Å². The molecule has 0 amide bonds. The maximum atomic E-state index is 13.3. The van der Waals surface area contributed by atoms with Crippen LogP contribution in [0.4, 0.5) is 4.39 Å². The molecule has 0 bridgehead atoms. The lowest BCUT2D eigenvalue weighted by molar-refractivity contribution is 0.288. The first-order valence-corrected chi connectivity index (χ1v) is 3.11. The van der Waals surface area contributed by atoms with Gasteiger partial charge < -0.3 is 10.6 Å². The average molecular weight is 153 g/mol. The second-order valence-electron chi connectivity index (χ2n) is 2.30. The highest BCUT2D eigenvalue weighted by atomic mass is 19.1. The number of halogens is 1. The predicted molar refractivity (Wildman–Crippen MR) is 39.8 cm³/mol. The molecule has 0 aromatic carbocycles. The topological polar surface area (TPSA) is 24.1 Å². The molecular weight excluding hydrogens is 131 g/mol. The van der Waals surface area contributed by atoms with Gasteiger partial charge in [-0.1, -0.05) is 13.7 Å². The van der Waals surface area contributed by atoms with E-state index in [1.54, 1.807) is 0 Å². The van der Waals surface area contributed by atoms with Gasteiger partial charge in [0.05, 0.1) is 6.04 Å². The van der Waals surface area contributed by atoms with Crippen molar-refractivity contribution in [2.24, 2.45) is 0 Å². The molecule has 1 aliphatic rings. The van der Waals surface area contributed by atoms with E-state index in [1.807, 2.05) is 0 Å². The molecule has 0 aliphatic carbocycles. The summed E-state index contributed by atoms with van der Waals surface area (Å²) < 4.78 is 63.9. The van der Waals surface area contributed by atoms with Crippen LogP contribution in [0.15, 0.2) is 0 Å². The van der Waals surface area contributed by atoms with Gasteiger partial charge in [0.2, 0.25) is 0 Å². The highest BCUT2D eigenvalue weighted by Crippen LogP contribution is 2.04. The molecule has 2 nitrogen and oxygen atoms in total. The van der Waals surface area contributed by atoms with Crippen LogP contribution in [0.2, 0.25) is 0 Å². The standard InChI is InChI=1S/C7H15FN2/c1-5(2)10-7-4-9-3-6(7)8/h5-7,9-10H,3-4H2,1-2H3/t6-,7-/m0/s1/i1D3,2D3,5D. The Labute approximate surface area is 71.0 Å². The lowest BCUT2D eigenvalue weighted by Crippen LogP contribution is -2.41. The highest BCUT2D eigenvalue weighted by Gasteiger charge is 2.26. The van der Waals surface area contributed by atoms with Crippen LogP contribution in [-0.2, 0) is 0 Å². The summed E-state index contributed by atoms with van der Waals surface area (Å²) >= 11 is 0. The number of nitrogens with one attached hydrogen (secondary N) is 2. The maximum Gasteiger partial charge on any atom is 0.129 e. The molecular formula is C7H15FN2. The van der Waals surface area contributed by atoms with Crippen molar-refractivity contribution < 1.29 is 14.0 Å². The van der Waals surface area contributed by atoms with Crippen LogP contribution in [0.5, 0.6) is 0 Å². The second kappa shape index (κ2) is 3.30. The van der Waals surface area contributed by atoms with Crippen molar-refractivity contribution in [1.29, 1.82) is 0 Å². The zero-order valence-corrected chi connectivity index (χ0v) is 5.45. The summed E-state index contributed by atoms with van der Waals surface area (Å²) in [7, 11) is 0. The monoisotopic (exact) mass is 153 g/mol. The molecule has 0 unspecified atom stereocenters. The summed E-state index contributed by atoms with van der Waals surface area (Å²) in [6, 6.07) is -3.84. The molecule has 2 N–H and O–H groups in total. The quantitative estimate of drug-likeness (QED) is 0.596. The van der Waals surface area contributed by atoms with E-state index < -0.39 is 31.9 Å². The van der Waals surface area contributed by atoms with Crippen molar-refractivity contribution >= 4 is 0 Å². The van der Waals surface area contributed by atoms with Crippen LogP contribution in [0.3, 0.4) is 0 Å². The van der Waals surface area contributed by atoms with Gasteiger partial charge in [-0.15, -0.1) is 0 Å². The zero-order valence-electron chi connectivity index (χ0n) is 12.4. The molecule has 10 heavy (non-hydrogen) atoms. The van der Waals surface area contributed by atoms with Gasteiger partial charge in [-0.3, -0.25) is 0 Å². The van der Waals surface area contributed by atoms with E-state index >= 15 is 0 Å². The van der Waals surface area contributed by atoms with E-state index in [2.05, 4.69) is 10.6 Å². The van der Waals surface area contributed by atoms with E-state index in [0.717, 1.165) is 0 Å². The van der Waals surface area contributed by atoms with Gasteiger partial charge in [-0.05, 0) is 0 Å². The minimum Gasteiger partial charge on any atom is -0.312 e. The van der Waals surface area contributed by atoms with E-state index in [0.29, 0.717) is 0 Å². The number of hydrogen-bond acceptors (Lipinski definition) is 2. The molecule has 0 radical (unpaired) electrons. The van der Waals surface area contributed by atoms with Gasteiger partial charge in [0, 0.05) is 28.7 Å². The number of rotatable bonds is 2. The van der Waals surface area contributed by atoms with Gasteiger partial charge in [-0.2, -0.15) is 0 Å². The minimum absolute atomic E-state index is 0.0236. The SMILES string of the molecule is [2H]C([2H])([2H])C([2H])(N[C@H]1CNC[C@@H]1F)C([2H])([2H])[2H]. The fourth-order valence-corrected chi connectivity index (χ4v) is 0.974. The lowest BCUT2D eigenvalue weighted by atomic mass is 10.2. The van der Waals surface area contributed by atoms with Crippen molar-refractivity contribution in [2.45, 2.75) is 31.9 Å². The Morgan fingerprint density at radius 3 is 3.10 bits per heavy atom. The smallest absolute Gasteiger partial charge is 0.129 e. The average Bonchev–Trinajstić information content (AvgIpc) is 2.47. The molecule has 1 heterocycles. The molecule has 2 atom stereocenters. The number of alkyl halides is 1. The van der Waals surface area contributed by atoms with Crippen molar-refractivity contribution in [3.05, 3.63) is 0 Å². The van der Waals surface area contributed by atoms with Crippen molar-refractivity contribution in [1.82, 2.24) is 10.6 Å². The summed E-state index contributed by atoms with van der Waals surface area (Å²) in [4.78, 5) is 0. The molecule has 1 saturated heterocycles. The van der Waals surface area contributed by atoms with Crippen molar-refractivity contribution in [3.63, 3.8) is 0 Å². The van der Waals surface area contributed by atoms with Crippen LogP contribution in [0, 0.1) is 0 Å². The van der Waals surface area contributed by atoms with Gasteiger partial charge in [0.15, 0.2) is 0 Å². The van der Waals surface area contributed by atoms with Gasteiger partial charge in [0.25, 0.3) is 0 Å². The molecule has 60 valence electrons. The minimum atomic E-state index is -3.07. The Kier molecular flexibility index (Phi) is 0.897. The molecule has 0 spiro atoms. The summed E-state index contributed by atoms with van der Waals surface area (Å²) in [6.07, 6.45) is -1.40. The summed E-state index contributed by atoms with van der Waals surface area (Å²) in [5.41, 5.74) is 0. The first-order chi connectivity index (χ1) is 7.49. The Balaban J connectivity index is 2.93. The second-order valence-corrected chi connectivity index (χ2v) is 2.30. The fourth-order valence-electron chi connectivity index (χ4n) is 0.974. The third-order valence-corrected chi connectivity index (χ3v) is 1.47. The maximum absolute atomic E-state index is 13.3. The highest BCUT2D eigenvalue weighted by molar-refractivity contribution is 4.87. The molecule has 1 rings (SSSR count). The predicted octanol–water partition coefficient (Wildman–Crippen LogP) is 0.294. The molecule has 0 aromatic rings. The van der Waals surface area contributed by atoms with Gasteiger partial charge in [-0.25, -0.2) is 4.39 Å². The van der Waals surface area contributed by atoms with Crippen LogP contribution in [0.1, 0.15) is 23.3 Å². The molecule has 0 saturated carbocycles. The summed E-state index contributed by atoms with van der Waals surface area (Å²) in [5, 5.41) is 4.79. The van der Waals surface area contributed by atoms with Crippen molar-refractivity contribution in [3.8, 4) is 0 Å². The normalized spacial score (nSPS) is 47.5. The van der Waals surface area contributed by atoms with Crippen LogP contribution >= 0.6 is 0 Å². The van der Waals surface area contributed by atoms with E-state index in [-0.39, 0.29) is 13.1 Å². The van der Waals surface area contributed by atoms with Crippen molar-refractivity contribution in [2.75, 3.05) is 13.1 Å². The number of hydrogen-bond donors (Lipinski definition) is 2. The molecule has 1 fully saturated rings. The molecule has 0 aromatic heterocycles. The van der Waals surface area contributed by atoms with E-state index in [4.69, 9.17) is 9.60 Å². The largest absolute Gasteiger partial charge is 0.312 e. The van der Waals surface area contributed by atoms with Gasteiger partial charge in [0.1, 0.15) is 6.17 Å². The van der Waals surface area contributed by atoms with E-state index in [1.165, 1.54) is 0 Å². The Morgan fingerprint density at radius 1 is 1.80 bits per heavy atom. The first kappa shape index (κ1) is 2.72. The van der Waals surface area contributed by atoms with Crippen LogP contribution < -0.4 is 10.6 Å². The third kappa shape index (κ3) is 1.92. The fraction of sp³-hybridized carbons (Fsp3) is 1.00. The Bertz CT molecular complexity index is 262. The third-order valence-electron chi connectivity index (χ3n) is 1.47. The molecule has 3 heteroatoms. The Morgan fingerprint density at radius 2 is 2.60 bits per heavy atom. The molecule has 1 aliphatic heterocycles. The Hall–Kier alpha value is -0.150.